The molecule has 0 unspecified atom stereocenters. The zero-order valence-corrected chi connectivity index (χ0v) is 9.79. The molecule has 0 rings (SSSR count). The molecule has 1 heteroatoms. The van der Waals surface area contributed by atoms with Gasteiger partial charge in [0.1, 0.15) is 6.29 Å². The van der Waals surface area contributed by atoms with Gasteiger partial charge >= 0.3 is 0 Å². The van der Waals surface area contributed by atoms with E-state index in [0.717, 1.165) is 25.5 Å². The van der Waals surface area contributed by atoms with E-state index in [9.17, 15) is 4.79 Å². The zero-order chi connectivity index (χ0) is 11.2. The third-order valence-corrected chi connectivity index (χ3v) is 2.39. The Hall–Kier alpha value is -0.850. The summed E-state index contributed by atoms with van der Waals surface area (Å²) in [7, 11) is 0. The highest BCUT2D eigenvalue weighted by Crippen LogP contribution is 2.05. The van der Waals surface area contributed by atoms with Gasteiger partial charge in [-0.05, 0) is 44.9 Å². The Morgan fingerprint density at radius 1 is 0.733 bits per heavy atom. The number of carbonyl (C=O) groups excluding carboxylic acids is 1. The largest absolute Gasteiger partial charge is 0.303 e. The fourth-order valence-corrected chi connectivity index (χ4v) is 1.45. The molecule has 0 aromatic rings. The molecule has 0 aliphatic carbocycles. The maximum Gasteiger partial charge on any atom is 0.119 e. The lowest BCUT2D eigenvalue weighted by Gasteiger charge is -1.94. The van der Waals surface area contributed by atoms with Gasteiger partial charge in [-0.15, -0.1) is 6.58 Å². The molecule has 1 nitrogen and oxygen atoms in total. The molecule has 0 saturated heterocycles. The maximum absolute atomic E-state index is 10.0. The van der Waals surface area contributed by atoms with Crippen LogP contribution in [0.2, 0.25) is 0 Å². The molecular weight excluding hydrogens is 184 g/mol. The minimum Gasteiger partial charge on any atom is -0.303 e. The van der Waals surface area contributed by atoms with Gasteiger partial charge in [-0.25, -0.2) is 0 Å². The predicted molar refractivity (Wildman–Crippen MR) is 67.0 cm³/mol. The molecule has 86 valence electrons. The standard InChI is InChI=1S/C14H24O/c1-2-3-4-5-6-7-8-9-10-11-12-13-14-15/h2,7-8,14H,1,3-6,9-13H2. The number of aldehydes is 1. The van der Waals surface area contributed by atoms with Crippen LogP contribution in [0, 0.1) is 0 Å². The van der Waals surface area contributed by atoms with Crippen molar-refractivity contribution >= 4 is 6.29 Å². The smallest absolute Gasteiger partial charge is 0.119 e. The van der Waals surface area contributed by atoms with E-state index in [-0.39, 0.29) is 0 Å². The summed E-state index contributed by atoms with van der Waals surface area (Å²) in [4.78, 5) is 10.0. The average Bonchev–Trinajstić information content (AvgIpc) is 2.26. The Morgan fingerprint density at radius 2 is 1.27 bits per heavy atom. The summed E-state index contributed by atoms with van der Waals surface area (Å²) in [6.45, 7) is 3.70. The van der Waals surface area contributed by atoms with Crippen molar-refractivity contribution in [3.05, 3.63) is 24.8 Å². The Morgan fingerprint density at radius 3 is 1.87 bits per heavy atom. The normalized spacial score (nSPS) is 10.7. The number of hydrogen-bond acceptors (Lipinski definition) is 1. The van der Waals surface area contributed by atoms with Gasteiger partial charge in [0.2, 0.25) is 0 Å². The van der Waals surface area contributed by atoms with E-state index < -0.39 is 0 Å². The third kappa shape index (κ3) is 13.2. The van der Waals surface area contributed by atoms with Crippen LogP contribution in [-0.2, 0) is 4.79 Å². The minimum absolute atomic E-state index is 0.727. The van der Waals surface area contributed by atoms with Gasteiger partial charge in [-0.1, -0.05) is 24.6 Å². The molecule has 0 amide bonds. The lowest BCUT2D eigenvalue weighted by Crippen LogP contribution is -1.78. The van der Waals surface area contributed by atoms with Crippen molar-refractivity contribution in [1.29, 1.82) is 0 Å². The highest BCUT2D eigenvalue weighted by Gasteiger charge is 1.86. The minimum atomic E-state index is 0.727. The lowest BCUT2D eigenvalue weighted by atomic mass is 10.1. The molecule has 0 atom stereocenters. The van der Waals surface area contributed by atoms with Crippen LogP contribution in [-0.4, -0.2) is 6.29 Å². The summed E-state index contributed by atoms with van der Waals surface area (Å²) in [5, 5.41) is 0. The first kappa shape index (κ1) is 14.2. The Bertz CT molecular complexity index is 170. The highest BCUT2D eigenvalue weighted by atomic mass is 16.1. The molecule has 0 fully saturated rings. The molecule has 0 bridgehead atoms. The van der Waals surface area contributed by atoms with Gasteiger partial charge in [0.25, 0.3) is 0 Å². The van der Waals surface area contributed by atoms with Crippen molar-refractivity contribution in [3.8, 4) is 0 Å². The first-order valence-corrected chi connectivity index (χ1v) is 6.11. The van der Waals surface area contributed by atoms with Crippen molar-refractivity contribution < 1.29 is 4.79 Å². The van der Waals surface area contributed by atoms with Crippen LogP contribution >= 0.6 is 0 Å². The van der Waals surface area contributed by atoms with Gasteiger partial charge in [0, 0.05) is 6.42 Å². The molecule has 0 aliphatic rings. The van der Waals surface area contributed by atoms with Crippen LogP contribution in [0.4, 0.5) is 0 Å². The van der Waals surface area contributed by atoms with Crippen LogP contribution in [0.1, 0.15) is 57.8 Å². The monoisotopic (exact) mass is 208 g/mol. The van der Waals surface area contributed by atoms with E-state index in [1.54, 1.807) is 0 Å². The second-order valence-corrected chi connectivity index (χ2v) is 3.85. The molecule has 0 spiro atoms. The number of hydrogen-bond donors (Lipinski definition) is 0. The van der Waals surface area contributed by atoms with Crippen molar-refractivity contribution in [2.24, 2.45) is 0 Å². The van der Waals surface area contributed by atoms with Gasteiger partial charge < -0.3 is 4.79 Å². The summed E-state index contributed by atoms with van der Waals surface area (Å²) in [6, 6.07) is 0. The highest BCUT2D eigenvalue weighted by molar-refractivity contribution is 5.48. The molecule has 15 heavy (non-hydrogen) atoms. The van der Waals surface area contributed by atoms with Crippen LogP contribution in [0.25, 0.3) is 0 Å². The Kier molecular flexibility index (Phi) is 12.4. The van der Waals surface area contributed by atoms with Crippen LogP contribution < -0.4 is 0 Å². The van der Waals surface area contributed by atoms with E-state index in [4.69, 9.17) is 0 Å². The number of allylic oxidation sites excluding steroid dienone is 3. The number of unbranched alkanes of at least 4 members (excludes halogenated alkanes) is 7. The van der Waals surface area contributed by atoms with E-state index in [1.165, 1.54) is 38.5 Å². The van der Waals surface area contributed by atoms with Crippen LogP contribution in [0.5, 0.6) is 0 Å². The molecular formula is C14H24O. The third-order valence-electron chi connectivity index (χ3n) is 2.39. The van der Waals surface area contributed by atoms with Gasteiger partial charge in [0.15, 0.2) is 0 Å². The van der Waals surface area contributed by atoms with Gasteiger partial charge in [-0.2, -0.15) is 0 Å². The summed E-state index contributed by atoms with van der Waals surface area (Å²) < 4.78 is 0. The zero-order valence-electron chi connectivity index (χ0n) is 9.79. The average molecular weight is 208 g/mol. The topological polar surface area (TPSA) is 17.1 Å². The van der Waals surface area contributed by atoms with E-state index in [1.807, 2.05) is 6.08 Å². The second-order valence-electron chi connectivity index (χ2n) is 3.85. The van der Waals surface area contributed by atoms with Gasteiger partial charge in [0.05, 0.1) is 0 Å². The molecule has 0 N–H and O–H groups in total. The molecule has 0 heterocycles. The van der Waals surface area contributed by atoms with Crippen molar-refractivity contribution in [2.45, 2.75) is 57.8 Å². The van der Waals surface area contributed by atoms with Crippen molar-refractivity contribution in [3.63, 3.8) is 0 Å². The first-order valence-electron chi connectivity index (χ1n) is 6.11. The molecule has 0 saturated carbocycles. The summed E-state index contributed by atoms with van der Waals surface area (Å²) in [5.41, 5.74) is 0. The summed E-state index contributed by atoms with van der Waals surface area (Å²) >= 11 is 0. The first-order chi connectivity index (χ1) is 7.41. The predicted octanol–water partition coefficient (Wildman–Crippen LogP) is 4.44. The molecule has 0 radical (unpaired) electrons. The Labute approximate surface area is 94.3 Å². The van der Waals surface area contributed by atoms with Crippen molar-refractivity contribution in [1.82, 2.24) is 0 Å². The number of rotatable bonds is 11. The quantitative estimate of drug-likeness (QED) is 0.279. The van der Waals surface area contributed by atoms with E-state index >= 15 is 0 Å². The molecule has 0 aromatic carbocycles. The SMILES string of the molecule is C=CCCCCC=CCCCCCC=O. The fourth-order valence-electron chi connectivity index (χ4n) is 1.45. The maximum atomic E-state index is 10.0. The molecule has 0 aromatic heterocycles. The second kappa shape index (κ2) is 13.2. The van der Waals surface area contributed by atoms with E-state index in [0.29, 0.717) is 0 Å². The van der Waals surface area contributed by atoms with Crippen molar-refractivity contribution in [2.75, 3.05) is 0 Å². The Balaban J connectivity index is 3.03. The number of carbonyl (C=O) groups is 1. The fraction of sp³-hybridized carbons (Fsp3) is 0.643. The molecule has 0 aliphatic heterocycles. The van der Waals surface area contributed by atoms with Crippen LogP contribution in [0.3, 0.4) is 0 Å². The van der Waals surface area contributed by atoms with E-state index in [2.05, 4.69) is 18.7 Å². The van der Waals surface area contributed by atoms with Crippen LogP contribution in [0.15, 0.2) is 24.8 Å². The summed E-state index contributed by atoms with van der Waals surface area (Å²) in [6.07, 6.45) is 17.8. The summed E-state index contributed by atoms with van der Waals surface area (Å²) in [5.74, 6) is 0. The lowest BCUT2D eigenvalue weighted by molar-refractivity contribution is -0.107. The van der Waals surface area contributed by atoms with Gasteiger partial charge in [-0.3, -0.25) is 0 Å².